The van der Waals surface area contributed by atoms with Crippen LogP contribution in [0.4, 0.5) is 0 Å². The average molecular weight is 362 g/mol. The summed E-state index contributed by atoms with van der Waals surface area (Å²) < 4.78 is 0. The Labute approximate surface area is 161 Å². The average Bonchev–Trinajstić information content (AvgIpc) is 2.66. The van der Waals surface area contributed by atoms with E-state index < -0.39 is 5.97 Å². The van der Waals surface area contributed by atoms with E-state index in [1.54, 1.807) is 24.3 Å². The Hall–Kier alpha value is -3.20. The van der Waals surface area contributed by atoms with Crippen molar-refractivity contribution in [2.75, 3.05) is 0 Å². The normalized spacial score (nSPS) is 9.19. The van der Waals surface area contributed by atoms with E-state index in [1.165, 1.54) is 16.7 Å². The molecule has 0 saturated heterocycles. The number of carbonyl (C=O) groups excluding carboxylic acids is 1. The highest BCUT2D eigenvalue weighted by Gasteiger charge is 1.98. The quantitative estimate of drug-likeness (QED) is 0.586. The van der Waals surface area contributed by atoms with Crippen LogP contribution in [0.1, 0.15) is 43.0 Å². The van der Waals surface area contributed by atoms with Crippen molar-refractivity contribution < 1.29 is 14.7 Å². The molecule has 0 spiro atoms. The molecule has 3 aromatic rings. The van der Waals surface area contributed by atoms with E-state index >= 15 is 0 Å². The molecule has 0 bridgehead atoms. The van der Waals surface area contributed by atoms with E-state index in [9.17, 15) is 9.59 Å². The number of carboxylic acids is 1. The number of hydrogen-bond donors (Lipinski definition) is 1. The van der Waals surface area contributed by atoms with E-state index in [0.717, 1.165) is 17.4 Å². The highest BCUT2D eigenvalue weighted by molar-refractivity contribution is 5.87. The van der Waals surface area contributed by atoms with Gasteiger partial charge in [0.1, 0.15) is 6.29 Å². The van der Waals surface area contributed by atoms with Crippen LogP contribution in [0.15, 0.2) is 72.8 Å². The fourth-order valence-electron chi connectivity index (χ4n) is 1.98. The zero-order valence-electron chi connectivity index (χ0n) is 16.3. The van der Waals surface area contributed by atoms with Crippen molar-refractivity contribution in [1.82, 2.24) is 0 Å². The molecule has 3 rings (SSSR count). The number of rotatable bonds is 2. The molecule has 0 aliphatic heterocycles. The minimum atomic E-state index is -0.875. The van der Waals surface area contributed by atoms with Crippen LogP contribution < -0.4 is 0 Å². The van der Waals surface area contributed by atoms with Gasteiger partial charge in [-0.2, -0.15) is 0 Å². The van der Waals surface area contributed by atoms with Gasteiger partial charge in [-0.25, -0.2) is 4.79 Å². The monoisotopic (exact) mass is 362 g/mol. The second kappa shape index (κ2) is 11.4. The van der Waals surface area contributed by atoms with Crippen molar-refractivity contribution in [3.8, 4) is 0 Å². The summed E-state index contributed by atoms with van der Waals surface area (Å²) in [5.41, 5.74) is 5.99. The molecular formula is C24H26O3. The summed E-state index contributed by atoms with van der Waals surface area (Å²) in [5.74, 6) is -0.875. The van der Waals surface area contributed by atoms with Crippen LogP contribution in [-0.4, -0.2) is 17.4 Å². The maximum absolute atomic E-state index is 10.3. The van der Waals surface area contributed by atoms with Gasteiger partial charge >= 0.3 is 5.97 Å². The number of carbonyl (C=O) groups is 2. The highest BCUT2D eigenvalue weighted by Crippen LogP contribution is 2.02. The van der Waals surface area contributed by atoms with Gasteiger partial charge in [-0.3, -0.25) is 4.79 Å². The van der Waals surface area contributed by atoms with Gasteiger partial charge in [0.15, 0.2) is 0 Å². The van der Waals surface area contributed by atoms with Crippen LogP contribution in [0.5, 0.6) is 0 Å². The van der Waals surface area contributed by atoms with Gasteiger partial charge in [0.2, 0.25) is 0 Å². The molecule has 0 saturated carbocycles. The molecule has 0 radical (unpaired) electrons. The Balaban J connectivity index is 0.000000204. The summed E-state index contributed by atoms with van der Waals surface area (Å²) in [6, 6.07) is 22.7. The van der Waals surface area contributed by atoms with E-state index in [0.29, 0.717) is 5.56 Å². The van der Waals surface area contributed by atoms with E-state index in [2.05, 4.69) is 38.1 Å². The minimum Gasteiger partial charge on any atom is -0.478 e. The molecule has 0 atom stereocenters. The van der Waals surface area contributed by atoms with Gasteiger partial charge in [-0.15, -0.1) is 0 Å². The molecule has 0 unspecified atom stereocenters. The molecule has 3 heteroatoms. The Kier molecular flexibility index (Phi) is 9.24. The summed E-state index contributed by atoms with van der Waals surface area (Å²) in [7, 11) is 0. The molecule has 0 heterocycles. The van der Waals surface area contributed by atoms with E-state index in [4.69, 9.17) is 5.11 Å². The van der Waals surface area contributed by atoms with Crippen LogP contribution >= 0.6 is 0 Å². The molecule has 0 aliphatic rings. The molecule has 3 nitrogen and oxygen atoms in total. The fraction of sp³-hybridized carbons (Fsp3) is 0.167. The Morgan fingerprint density at radius 2 is 0.926 bits per heavy atom. The van der Waals surface area contributed by atoms with Crippen LogP contribution in [0, 0.1) is 27.7 Å². The van der Waals surface area contributed by atoms with Crippen LogP contribution in [0.2, 0.25) is 0 Å². The zero-order valence-corrected chi connectivity index (χ0v) is 16.3. The van der Waals surface area contributed by atoms with Crippen molar-refractivity contribution >= 4 is 12.3 Å². The van der Waals surface area contributed by atoms with Gasteiger partial charge in [-0.05, 0) is 39.8 Å². The van der Waals surface area contributed by atoms with Crippen molar-refractivity contribution in [2.24, 2.45) is 0 Å². The molecule has 140 valence electrons. The first-order valence-electron chi connectivity index (χ1n) is 8.67. The smallest absolute Gasteiger partial charge is 0.335 e. The SMILES string of the molecule is Cc1ccc(C(=O)O)cc1.Cc1ccc(C)cc1.Cc1ccc(C=O)cc1. The number of aldehydes is 1. The summed E-state index contributed by atoms with van der Waals surface area (Å²) in [4.78, 5) is 20.4. The second-order valence-electron chi connectivity index (χ2n) is 6.35. The largest absolute Gasteiger partial charge is 0.478 e. The molecule has 0 aromatic heterocycles. The number of aryl methyl sites for hydroxylation is 4. The number of aromatic carboxylic acids is 1. The predicted molar refractivity (Wildman–Crippen MR) is 111 cm³/mol. The lowest BCUT2D eigenvalue weighted by molar-refractivity contribution is 0.0696. The maximum Gasteiger partial charge on any atom is 0.335 e. The molecule has 0 amide bonds. The molecule has 27 heavy (non-hydrogen) atoms. The molecule has 3 aromatic carbocycles. The summed E-state index contributed by atoms with van der Waals surface area (Å²) in [6.45, 7) is 8.11. The van der Waals surface area contributed by atoms with Crippen molar-refractivity contribution in [3.05, 3.63) is 106 Å². The van der Waals surface area contributed by atoms with Gasteiger partial charge in [-0.1, -0.05) is 82.9 Å². The molecular weight excluding hydrogens is 336 g/mol. The van der Waals surface area contributed by atoms with Gasteiger partial charge < -0.3 is 5.11 Å². The summed E-state index contributed by atoms with van der Waals surface area (Å²) in [5, 5.41) is 8.48. The first kappa shape index (κ1) is 21.8. The number of carboxylic acid groups (broad SMARTS) is 1. The highest BCUT2D eigenvalue weighted by atomic mass is 16.4. The Bertz CT molecular complexity index is 809. The lowest BCUT2D eigenvalue weighted by Gasteiger charge is -1.92. The minimum absolute atomic E-state index is 0.339. The standard InChI is InChI=1S/C8H8O2.C8H8O.C8H10/c1-6-2-4-7(5-3-6)8(9)10;1-7-2-4-8(6-9)5-3-7;1-7-3-5-8(2)6-4-7/h2-5H,1H3,(H,9,10);2-6H,1H3;3-6H,1-2H3. The van der Waals surface area contributed by atoms with E-state index in [1.807, 2.05) is 38.1 Å². The first-order chi connectivity index (χ1) is 12.8. The molecule has 0 fully saturated rings. The van der Waals surface area contributed by atoms with Gasteiger partial charge in [0.05, 0.1) is 5.56 Å². The van der Waals surface area contributed by atoms with Crippen LogP contribution in [-0.2, 0) is 0 Å². The van der Waals surface area contributed by atoms with Crippen molar-refractivity contribution in [2.45, 2.75) is 27.7 Å². The third-order valence-electron chi connectivity index (χ3n) is 3.73. The van der Waals surface area contributed by atoms with Crippen molar-refractivity contribution in [3.63, 3.8) is 0 Å². The van der Waals surface area contributed by atoms with Crippen LogP contribution in [0.25, 0.3) is 0 Å². The Morgan fingerprint density at radius 3 is 1.22 bits per heavy atom. The van der Waals surface area contributed by atoms with Gasteiger partial charge in [0.25, 0.3) is 0 Å². The second-order valence-corrected chi connectivity index (χ2v) is 6.35. The van der Waals surface area contributed by atoms with Crippen LogP contribution in [0.3, 0.4) is 0 Å². The molecule has 1 N–H and O–H groups in total. The number of benzene rings is 3. The van der Waals surface area contributed by atoms with Crippen molar-refractivity contribution in [1.29, 1.82) is 0 Å². The predicted octanol–water partition coefficient (Wildman–Crippen LogP) is 5.80. The first-order valence-corrected chi connectivity index (χ1v) is 8.67. The lowest BCUT2D eigenvalue weighted by Crippen LogP contribution is -1.94. The lowest BCUT2D eigenvalue weighted by atomic mass is 10.2. The summed E-state index contributed by atoms with van der Waals surface area (Å²) in [6.07, 6.45) is 0.847. The summed E-state index contributed by atoms with van der Waals surface area (Å²) >= 11 is 0. The topological polar surface area (TPSA) is 54.4 Å². The third-order valence-corrected chi connectivity index (χ3v) is 3.73. The molecule has 0 aliphatic carbocycles. The number of hydrogen-bond acceptors (Lipinski definition) is 2. The fourth-order valence-corrected chi connectivity index (χ4v) is 1.98. The van der Waals surface area contributed by atoms with E-state index in [-0.39, 0.29) is 0 Å². The van der Waals surface area contributed by atoms with Gasteiger partial charge in [0, 0.05) is 5.56 Å². The third kappa shape index (κ3) is 9.17. The Morgan fingerprint density at radius 1 is 0.630 bits per heavy atom. The maximum atomic E-state index is 10.3. The zero-order chi connectivity index (χ0) is 20.2.